The molecule has 6 nitrogen and oxygen atoms in total. The van der Waals surface area contributed by atoms with E-state index in [0.29, 0.717) is 38.0 Å². The van der Waals surface area contributed by atoms with Gasteiger partial charge in [-0.05, 0) is 57.1 Å². The van der Waals surface area contributed by atoms with Crippen LogP contribution in [-0.4, -0.2) is 36.3 Å². The van der Waals surface area contributed by atoms with Gasteiger partial charge in [0.1, 0.15) is 5.75 Å². The summed E-state index contributed by atoms with van der Waals surface area (Å²) in [5, 5.41) is 0. The third kappa shape index (κ3) is 5.50. The Bertz CT molecular complexity index is 602. The average molecular weight is 316 g/mol. The minimum atomic E-state index is 0.556. The molecule has 2 rings (SSSR count). The van der Waals surface area contributed by atoms with Crippen LogP contribution in [0.2, 0.25) is 0 Å². The van der Waals surface area contributed by atoms with Crippen LogP contribution in [0.25, 0.3) is 11.4 Å². The van der Waals surface area contributed by atoms with Gasteiger partial charge in [-0.1, -0.05) is 0 Å². The van der Waals surface area contributed by atoms with E-state index in [9.17, 15) is 0 Å². The Morgan fingerprint density at radius 3 is 2.22 bits per heavy atom. The summed E-state index contributed by atoms with van der Waals surface area (Å²) >= 11 is 0. The van der Waals surface area contributed by atoms with Crippen molar-refractivity contribution in [2.24, 2.45) is 11.5 Å². The molecule has 124 valence electrons. The normalized spacial score (nSPS) is 10.6. The molecule has 0 amide bonds. The number of aromatic nitrogens is 2. The van der Waals surface area contributed by atoms with E-state index in [-0.39, 0.29) is 0 Å². The van der Waals surface area contributed by atoms with Crippen LogP contribution in [0.4, 0.5) is 0 Å². The number of benzene rings is 1. The van der Waals surface area contributed by atoms with Crippen molar-refractivity contribution in [3.63, 3.8) is 0 Å². The van der Waals surface area contributed by atoms with Gasteiger partial charge < -0.3 is 20.9 Å². The molecule has 1 heterocycles. The van der Waals surface area contributed by atoms with Crippen molar-refractivity contribution in [3.8, 4) is 23.0 Å². The molecule has 0 atom stereocenters. The molecule has 6 heteroatoms. The Morgan fingerprint density at radius 1 is 0.913 bits per heavy atom. The van der Waals surface area contributed by atoms with Crippen LogP contribution >= 0.6 is 0 Å². The number of nitrogens with two attached hydrogens (primary N) is 2. The summed E-state index contributed by atoms with van der Waals surface area (Å²) in [6.07, 6.45) is 1.64. The van der Waals surface area contributed by atoms with Gasteiger partial charge in [-0.2, -0.15) is 4.98 Å². The number of nitrogens with zero attached hydrogens (tertiary/aromatic N) is 2. The van der Waals surface area contributed by atoms with Gasteiger partial charge in [0.05, 0.1) is 13.2 Å². The molecule has 0 saturated heterocycles. The topological polar surface area (TPSA) is 96.3 Å². The molecular weight excluding hydrogens is 292 g/mol. The average Bonchev–Trinajstić information content (AvgIpc) is 2.55. The van der Waals surface area contributed by atoms with E-state index >= 15 is 0 Å². The van der Waals surface area contributed by atoms with Gasteiger partial charge in [-0.3, -0.25) is 0 Å². The maximum Gasteiger partial charge on any atom is 0.217 e. The monoisotopic (exact) mass is 316 g/mol. The Hall–Kier alpha value is -2.18. The first-order valence-electron chi connectivity index (χ1n) is 7.85. The predicted molar refractivity (Wildman–Crippen MR) is 90.5 cm³/mol. The Morgan fingerprint density at radius 2 is 1.57 bits per heavy atom. The molecule has 4 N–H and O–H groups in total. The molecule has 0 aliphatic heterocycles. The van der Waals surface area contributed by atoms with Crippen LogP contribution < -0.4 is 20.9 Å². The van der Waals surface area contributed by atoms with Gasteiger partial charge in [0, 0.05) is 17.3 Å². The molecule has 0 spiro atoms. The molecule has 0 bridgehead atoms. The van der Waals surface area contributed by atoms with Crippen molar-refractivity contribution in [2.45, 2.75) is 19.8 Å². The zero-order valence-electron chi connectivity index (χ0n) is 13.5. The van der Waals surface area contributed by atoms with Crippen molar-refractivity contribution in [3.05, 3.63) is 36.0 Å². The Kier molecular flexibility index (Phi) is 6.77. The van der Waals surface area contributed by atoms with Crippen molar-refractivity contribution in [2.75, 3.05) is 26.3 Å². The highest BCUT2D eigenvalue weighted by molar-refractivity contribution is 5.56. The smallest absolute Gasteiger partial charge is 0.217 e. The zero-order chi connectivity index (χ0) is 16.5. The number of ether oxygens (including phenoxy) is 2. The van der Waals surface area contributed by atoms with E-state index in [1.165, 1.54) is 0 Å². The highest BCUT2D eigenvalue weighted by atomic mass is 16.5. The minimum Gasteiger partial charge on any atom is -0.494 e. The molecule has 2 aromatic rings. The highest BCUT2D eigenvalue weighted by Gasteiger charge is 2.06. The fraction of sp³-hybridized carbons (Fsp3) is 0.412. The van der Waals surface area contributed by atoms with E-state index in [4.69, 9.17) is 20.9 Å². The zero-order valence-corrected chi connectivity index (χ0v) is 13.5. The van der Waals surface area contributed by atoms with Gasteiger partial charge in [-0.25, -0.2) is 4.98 Å². The van der Waals surface area contributed by atoms with Gasteiger partial charge >= 0.3 is 0 Å². The summed E-state index contributed by atoms with van der Waals surface area (Å²) in [5.41, 5.74) is 12.7. The second-order valence-electron chi connectivity index (χ2n) is 5.18. The summed E-state index contributed by atoms with van der Waals surface area (Å²) in [4.78, 5) is 8.91. The van der Waals surface area contributed by atoms with E-state index in [2.05, 4.69) is 9.97 Å². The summed E-state index contributed by atoms with van der Waals surface area (Å²) < 4.78 is 11.2. The first-order chi connectivity index (χ1) is 11.2. The maximum absolute atomic E-state index is 5.61. The third-order valence-corrected chi connectivity index (χ3v) is 3.16. The minimum absolute atomic E-state index is 0.556. The molecular formula is C17H24N4O2. The largest absolute Gasteiger partial charge is 0.494 e. The van der Waals surface area contributed by atoms with Crippen LogP contribution in [0.15, 0.2) is 30.3 Å². The van der Waals surface area contributed by atoms with E-state index in [1.807, 2.05) is 37.3 Å². The second-order valence-corrected chi connectivity index (χ2v) is 5.18. The summed E-state index contributed by atoms with van der Waals surface area (Å²) in [6, 6.07) is 9.52. The van der Waals surface area contributed by atoms with Gasteiger partial charge in [0.2, 0.25) is 5.88 Å². The lowest BCUT2D eigenvalue weighted by molar-refractivity contribution is 0.301. The molecule has 0 aliphatic carbocycles. The predicted octanol–water partition coefficient (Wildman–Crippen LogP) is 1.91. The van der Waals surface area contributed by atoms with Crippen LogP contribution in [0, 0.1) is 6.92 Å². The molecule has 1 aromatic carbocycles. The van der Waals surface area contributed by atoms with E-state index < -0.39 is 0 Å². The lowest BCUT2D eigenvalue weighted by Gasteiger charge is -2.09. The SMILES string of the molecule is Cc1cc(OCCCN)nc(-c2ccc(OCCCN)cc2)n1. The summed E-state index contributed by atoms with van der Waals surface area (Å²) in [7, 11) is 0. The number of rotatable bonds is 9. The number of aryl methyl sites for hydroxylation is 1. The molecule has 0 aliphatic rings. The molecule has 0 unspecified atom stereocenters. The Balaban J connectivity index is 2.08. The lowest BCUT2D eigenvalue weighted by Crippen LogP contribution is -2.07. The standard InChI is InChI=1S/C17H24N4O2/c1-13-12-16(23-11-3-9-19)21-17(20-13)14-4-6-15(7-5-14)22-10-2-8-18/h4-7,12H,2-3,8-11,18-19H2,1H3. The van der Waals surface area contributed by atoms with Gasteiger partial charge in [0.25, 0.3) is 0 Å². The fourth-order valence-electron chi connectivity index (χ4n) is 1.98. The first-order valence-corrected chi connectivity index (χ1v) is 7.85. The quantitative estimate of drug-likeness (QED) is 0.686. The highest BCUT2D eigenvalue weighted by Crippen LogP contribution is 2.22. The van der Waals surface area contributed by atoms with Crippen molar-refractivity contribution in [1.82, 2.24) is 9.97 Å². The van der Waals surface area contributed by atoms with Crippen molar-refractivity contribution >= 4 is 0 Å². The van der Waals surface area contributed by atoms with Crippen LogP contribution in [0.3, 0.4) is 0 Å². The van der Waals surface area contributed by atoms with Crippen LogP contribution in [-0.2, 0) is 0 Å². The number of hydrogen-bond donors (Lipinski definition) is 2. The van der Waals surface area contributed by atoms with Crippen LogP contribution in [0.5, 0.6) is 11.6 Å². The summed E-state index contributed by atoms with van der Waals surface area (Å²) in [5.74, 6) is 2.03. The number of hydrogen-bond acceptors (Lipinski definition) is 6. The molecule has 1 aromatic heterocycles. The molecule has 0 fully saturated rings. The van der Waals surface area contributed by atoms with E-state index in [0.717, 1.165) is 29.8 Å². The maximum atomic E-state index is 5.61. The second kappa shape index (κ2) is 9.07. The van der Waals surface area contributed by atoms with Crippen LogP contribution in [0.1, 0.15) is 18.5 Å². The Labute approximate surface area is 136 Å². The van der Waals surface area contributed by atoms with Crippen molar-refractivity contribution in [1.29, 1.82) is 0 Å². The molecule has 23 heavy (non-hydrogen) atoms. The van der Waals surface area contributed by atoms with E-state index in [1.54, 1.807) is 0 Å². The van der Waals surface area contributed by atoms with Gasteiger partial charge in [-0.15, -0.1) is 0 Å². The molecule has 0 radical (unpaired) electrons. The lowest BCUT2D eigenvalue weighted by atomic mass is 10.2. The molecule has 0 saturated carbocycles. The first kappa shape index (κ1) is 17.2. The fourth-order valence-corrected chi connectivity index (χ4v) is 1.98. The van der Waals surface area contributed by atoms with Gasteiger partial charge in [0.15, 0.2) is 5.82 Å². The summed E-state index contributed by atoms with van der Waals surface area (Å²) in [6.45, 7) is 4.33. The van der Waals surface area contributed by atoms with Crippen molar-refractivity contribution < 1.29 is 9.47 Å². The third-order valence-electron chi connectivity index (χ3n) is 3.16.